The highest BCUT2D eigenvalue weighted by Gasteiger charge is 2.25. The number of carbonyl (C=O) groups excluding carboxylic acids is 1. The molecule has 206 valence electrons. The van der Waals surface area contributed by atoms with E-state index < -0.39 is 12.1 Å². The minimum atomic E-state index is -0.714. The number of amides is 1. The van der Waals surface area contributed by atoms with E-state index in [1.54, 1.807) is 11.9 Å². The van der Waals surface area contributed by atoms with Gasteiger partial charge in [-0.1, -0.05) is 51.1 Å². The smallest absolute Gasteiger partial charge is 0.251 e. The van der Waals surface area contributed by atoms with Crippen LogP contribution in [0, 0.1) is 0 Å². The van der Waals surface area contributed by atoms with Crippen LogP contribution in [0.1, 0.15) is 49.2 Å². The molecule has 1 aromatic heterocycles. The SMILES string of the molecule is CCn1cc2c3c(cc(C(=O)N[C@@H](Cc4ccccc4)[C@H](O)CNCCSC(C)(C)C)cc31)N(C)SCC2. The molecular weight excluding hydrogens is 512 g/mol. The number of aliphatic hydroxyl groups excluding tert-OH is 1. The van der Waals surface area contributed by atoms with Gasteiger partial charge in [-0.2, -0.15) is 11.8 Å². The van der Waals surface area contributed by atoms with Crippen LogP contribution in [0.5, 0.6) is 0 Å². The molecular formula is C30H42N4O2S2. The molecule has 38 heavy (non-hydrogen) atoms. The average Bonchev–Trinajstić information content (AvgIpc) is 3.16. The zero-order chi connectivity index (χ0) is 27.3. The summed E-state index contributed by atoms with van der Waals surface area (Å²) in [4.78, 5) is 13.7. The highest BCUT2D eigenvalue weighted by atomic mass is 32.2. The number of rotatable bonds is 11. The summed E-state index contributed by atoms with van der Waals surface area (Å²) in [5.74, 6) is 1.83. The lowest BCUT2D eigenvalue weighted by Crippen LogP contribution is -2.49. The maximum Gasteiger partial charge on any atom is 0.251 e. The minimum Gasteiger partial charge on any atom is -0.390 e. The first kappa shape index (κ1) is 28.9. The Labute approximate surface area is 236 Å². The number of aromatic nitrogens is 1. The van der Waals surface area contributed by atoms with E-state index in [0.717, 1.165) is 47.8 Å². The van der Waals surface area contributed by atoms with Gasteiger partial charge in [0.1, 0.15) is 0 Å². The maximum atomic E-state index is 13.7. The van der Waals surface area contributed by atoms with Crippen molar-refractivity contribution in [1.29, 1.82) is 0 Å². The standard InChI is InChI=1S/C30H42N4O2S2/c1-6-34-20-22-12-14-38-33(5)25-17-23(18-26(34)28(22)25)29(36)32-24(16-21-10-8-7-9-11-21)27(35)19-31-13-15-37-30(2,3)4/h7-11,17-18,20,24,27,31,35H,6,12-16,19H2,1-5H3,(H,32,36)/t24-,27+/m0/s1. The zero-order valence-corrected chi connectivity index (χ0v) is 24.9. The molecule has 0 spiro atoms. The lowest BCUT2D eigenvalue weighted by molar-refractivity contribution is 0.0832. The van der Waals surface area contributed by atoms with Gasteiger partial charge in [-0.25, -0.2) is 0 Å². The third-order valence-corrected chi connectivity index (χ3v) is 9.13. The van der Waals surface area contributed by atoms with E-state index in [1.807, 2.05) is 54.2 Å². The van der Waals surface area contributed by atoms with Gasteiger partial charge in [0.2, 0.25) is 0 Å². The van der Waals surface area contributed by atoms with Gasteiger partial charge < -0.3 is 24.6 Å². The van der Waals surface area contributed by atoms with Crippen molar-refractivity contribution < 1.29 is 9.90 Å². The monoisotopic (exact) mass is 554 g/mol. The molecule has 0 aliphatic carbocycles. The molecule has 6 nitrogen and oxygen atoms in total. The molecule has 3 aromatic rings. The summed E-state index contributed by atoms with van der Waals surface area (Å²) in [6.07, 6.45) is 3.10. The highest BCUT2D eigenvalue weighted by molar-refractivity contribution is 8.00. The molecule has 1 amide bonds. The summed E-state index contributed by atoms with van der Waals surface area (Å²) in [5.41, 5.74) is 5.23. The number of hydrogen-bond acceptors (Lipinski definition) is 6. The van der Waals surface area contributed by atoms with Crippen molar-refractivity contribution in [2.24, 2.45) is 0 Å². The van der Waals surface area contributed by atoms with E-state index in [1.165, 1.54) is 10.9 Å². The van der Waals surface area contributed by atoms with E-state index >= 15 is 0 Å². The molecule has 1 aliphatic rings. The third kappa shape index (κ3) is 7.29. The maximum absolute atomic E-state index is 13.7. The number of aliphatic hydroxyl groups is 1. The molecule has 0 saturated heterocycles. The summed E-state index contributed by atoms with van der Waals surface area (Å²) in [6.45, 7) is 10.9. The molecule has 1 aliphatic heterocycles. The normalized spacial score (nSPS) is 15.4. The Morgan fingerprint density at radius 3 is 2.68 bits per heavy atom. The van der Waals surface area contributed by atoms with Gasteiger partial charge in [0.15, 0.2) is 0 Å². The first-order chi connectivity index (χ1) is 18.2. The molecule has 2 heterocycles. The van der Waals surface area contributed by atoms with E-state index in [2.05, 4.69) is 60.4 Å². The minimum absolute atomic E-state index is 0.153. The Kier molecular flexibility index (Phi) is 9.74. The van der Waals surface area contributed by atoms with Gasteiger partial charge in [-0.3, -0.25) is 4.79 Å². The number of anilines is 1. The molecule has 0 fully saturated rings. The third-order valence-electron chi connectivity index (χ3n) is 6.88. The summed E-state index contributed by atoms with van der Waals surface area (Å²) in [6, 6.07) is 13.7. The van der Waals surface area contributed by atoms with Gasteiger partial charge in [0.25, 0.3) is 5.91 Å². The van der Waals surface area contributed by atoms with Gasteiger partial charge in [0.05, 0.1) is 23.3 Å². The molecule has 0 saturated carbocycles. The fourth-order valence-corrected chi connectivity index (χ4v) is 6.63. The van der Waals surface area contributed by atoms with Crippen molar-refractivity contribution in [3.8, 4) is 0 Å². The van der Waals surface area contributed by atoms with E-state index in [4.69, 9.17) is 0 Å². The second-order valence-electron chi connectivity index (χ2n) is 10.9. The van der Waals surface area contributed by atoms with Crippen LogP contribution in [0.4, 0.5) is 5.69 Å². The lowest BCUT2D eigenvalue weighted by atomic mass is 10.00. The summed E-state index contributed by atoms with van der Waals surface area (Å²) in [5, 5.41) is 19.0. The summed E-state index contributed by atoms with van der Waals surface area (Å²) >= 11 is 3.68. The average molecular weight is 555 g/mol. The quantitative estimate of drug-likeness (QED) is 0.226. The summed E-state index contributed by atoms with van der Waals surface area (Å²) in [7, 11) is 2.07. The number of aryl methyl sites for hydroxylation is 2. The predicted molar refractivity (Wildman–Crippen MR) is 165 cm³/mol. The first-order valence-electron chi connectivity index (χ1n) is 13.6. The topological polar surface area (TPSA) is 69.5 Å². The van der Waals surface area contributed by atoms with Crippen molar-refractivity contribution >= 4 is 46.2 Å². The van der Waals surface area contributed by atoms with Crippen LogP contribution >= 0.6 is 23.7 Å². The number of thioether (sulfide) groups is 1. The van der Waals surface area contributed by atoms with Crippen LogP contribution in [-0.2, 0) is 19.4 Å². The number of hydrogen-bond donors (Lipinski definition) is 3. The van der Waals surface area contributed by atoms with Gasteiger partial charge >= 0.3 is 0 Å². The molecule has 2 aromatic carbocycles. The zero-order valence-electron chi connectivity index (χ0n) is 23.3. The van der Waals surface area contributed by atoms with Crippen molar-refractivity contribution in [3.05, 3.63) is 65.4 Å². The Morgan fingerprint density at radius 2 is 1.97 bits per heavy atom. The Bertz CT molecular complexity index is 1220. The van der Waals surface area contributed by atoms with Crippen LogP contribution < -0.4 is 14.9 Å². The Balaban J connectivity index is 1.54. The Morgan fingerprint density at radius 1 is 1.21 bits per heavy atom. The van der Waals surface area contributed by atoms with Gasteiger partial charge in [-0.15, -0.1) is 0 Å². The van der Waals surface area contributed by atoms with Crippen LogP contribution in [0.3, 0.4) is 0 Å². The number of benzene rings is 2. The molecule has 0 unspecified atom stereocenters. The van der Waals surface area contributed by atoms with Crippen LogP contribution in [0.15, 0.2) is 48.7 Å². The molecule has 0 radical (unpaired) electrons. The predicted octanol–water partition coefficient (Wildman–Crippen LogP) is 5.13. The lowest BCUT2D eigenvalue weighted by Gasteiger charge is -2.26. The fraction of sp³-hybridized carbons (Fsp3) is 0.500. The second-order valence-corrected chi connectivity index (χ2v) is 14.0. The van der Waals surface area contributed by atoms with E-state index in [-0.39, 0.29) is 10.7 Å². The van der Waals surface area contributed by atoms with Gasteiger partial charge in [0, 0.05) is 60.1 Å². The van der Waals surface area contributed by atoms with Gasteiger partial charge in [-0.05, 0) is 55.0 Å². The largest absolute Gasteiger partial charge is 0.390 e. The molecule has 3 N–H and O–H groups in total. The fourth-order valence-electron chi connectivity index (χ4n) is 4.91. The van der Waals surface area contributed by atoms with Crippen LogP contribution in [0.2, 0.25) is 0 Å². The van der Waals surface area contributed by atoms with E-state index in [0.29, 0.717) is 18.5 Å². The van der Waals surface area contributed by atoms with Crippen LogP contribution in [-0.4, -0.2) is 64.1 Å². The van der Waals surface area contributed by atoms with Crippen molar-refractivity contribution in [2.75, 3.05) is 35.9 Å². The second kappa shape index (κ2) is 12.8. The summed E-state index contributed by atoms with van der Waals surface area (Å²) < 4.78 is 4.64. The molecule has 0 bridgehead atoms. The molecule has 2 atom stereocenters. The number of carbonyl (C=O) groups is 1. The molecule has 8 heteroatoms. The number of nitrogens with zero attached hydrogens (tertiary/aromatic N) is 2. The number of nitrogens with one attached hydrogen (secondary N) is 2. The van der Waals surface area contributed by atoms with E-state index in [9.17, 15) is 9.90 Å². The van der Waals surface area contributed by atoms with Crippen LogP contribution in [0.25, 0.3) is 10.9 Å². The Hall–Kier alpha value is -2.13. The highest BCUT2D eigenvalue weighted by Crippen LogP contribution is 2.38. The molecule has 4 rings (SSSR count). The first-order valence-corrected chi connectivity index (χ1v) is 15.5. The van der Waals surface area contributed by atoms with Crippen molar-refractivity contribution in [2.45, 2.75) is 64.0 Å². The van der Waals surface area contributed by atoms with Crippen molar-refractivity contribution in [1.82, 2.24) is 15.2 Å². The van der Waals surface area contributed by atoms with Crippen molar-refractivity contribution in [3.63, 3.8) is 0 Å².